The predicted octanol–water partition coefficient (Wildman–Crippen LogP) is 3.00. The van der Waals surface area contributed by atoms with Crippen LogP contribution in [0.4, 0.5) is 5.82 Å². The SMILES string of the molecule is CN[C@@H](CCCCCCCc1ccc2c(n1)NCCC2)C(=O)O. The van der Waals surface area contributed by atoms with E-state index in [4.69, 9.17) is 10.1 Å². The summed E-state index contributed by atoms with van der Waals surface area (Å²) >= 11 is 0. The van der Waals surface area contributed by atoms with Gasteiger partial charge in [-0.05, 0) is 50.8 Å². The van der Waals surface area contributed by atoms with E-state index in [1.54, 1.807) is 7.05 Å². The fraction of sp³-hybridized carbons (Fsp3) is 0.667. The van der Waals surface area contributed by atoms with Gasteiger partial charge >= 0.3 is 5.97 Å². The van der Waals surface area contributed by atoms with Gasteiger partial charge in [-0.2, -0.15) is 0 Å². The van der Waals surface area contributed by atoms with Crippen LogP contribution in [0.5, 0.6) is 0 Å². The summed E-state index contributed by atoms with van der Waals surface area (Å²) in [5.41, 5.74) is 2.52. The number of rotatable bonds is 10. The number of carboxylic acids is 1. The number of nitrogens with zero attached hydrogens (tertiary/aromatic N) is 1. The summed E-state index contributed by atoms with van der Waals surface area (Å²) in [6, 6.07) is 3.98. The van der Waals surface area contributed by atoms with E-state index in [9.17, 15) is 4.79 Å². The minimum Gasteiger partial charge on any atom is -0.480 e. The maximum Gasteiger partial charge on any atom is 0.320 e. The Bertz CT molecular complexity index is 505. The van der Waals surface area contributed by atoms with Crippen molar-refractivity contribution in [2.24, 2.45) is 0 Å². The molecule has 1 aliphatic rings. The fourth-order valence-corrected chi connectivity index (χ4v) is 3.08. The van der Waals surface area contributed by atoms with Crippen LogP contribution in [0, 0.1) is 0 Å². The highest BCUT2D eigenvalue weighted by Gasteiger charge is 2.13. The van der Waals surface area contributed by atoms with Crippen LogP contribution in [0.2, 0.25) is 0 Å². The van der Waals surface area contributed by atoms with Crippen LogP contribution in [0.25, 0.3) is 0 Å². The number of pyridine rings is 1. The van der Waals surface area contributed by atoms with Crippen LogP contribution < -0.4 is 10.6 Å². The molecule has 0 saturated heterocycles. The third kappa shape index (κ3) is 5.82. The Hall–Kier alpha value is -1.62. The average Bonchev–Trinajstić information content (AvgIpc) is 2.57. The number of likely N-dealkylation sites (N-methyl/N-ethyl adjacent to an activating group) is 1. The van der Waals surface area contributed by atoms with Gasteiger partial charge in [0.2, 0.25) is 0 Å². The van der Waals surface area contributed by atoms with Crippen molar-refractivity contribution in [1.29, 1.82) is 0 Å². The van der Waals surface area contributed by atoms with Crippen LogP contribution in [0.15, 0.2) is 12.1 Å². The van der Waals surface area contributed by atoms with E-state index in [0.717, 1.165) is 44.5 Å². The first-order chi connectivity index (χ1) is 11.2. The molecule has 0 amide bonds. The Labute approximate surface area is 138 Å². The molecule has 2 heterocycles. The van der Waals surface area contributed by atoms with E-state index >= 15 is 0 Å². The third-order valence-corrected chi connectivity index (χ3v) is 4.52. The molecule has 0 unspecified atom stereocenters. The van der Waals surface area contributed by atoms with Gasteiger partial charge in [-0.25, -0.2) is 4.98 Å². The van der Waals surface area contributed by atoms with Crippen molar-refractivity contribution in [1.82, 2.24) is 10.3 Å². The number of aromatic nitrogens is 1. The van der Waals surface area contributed by atoms with E-state index < -0.39 is 12.0 Å². The number of carbonyl (C=O) groups is 1. The van der Waals surface area contributed by atoms with Crippen molar-refractivity contribution in [2.75, 3.05) is 18.9 Å². The lowest BCUT2D eigenvalue weighted by atomic mass is 10.0. The minimum atomic E-state index is -0.750. The second-order valence-electron chi connectivity index (χ2n) is 6.33. The van der Waals surface area contributed by atoms with Crippen molar-refractivity contribution < 1.29 is 9.90 Å². The van der Waals surface area contributed by atoms with Crippen LogP contribution in [0.3, 0.4) is 0 Å². The number of unbranched alkanes of at least 4 members (excludes halogenated alkanes) is 4. The number of carboxylic acid groups (broad SMARTS) is 1. The molecule has 0 radical (unpaired) electrons. The highest BCUT2D eigenvalue weighted by molar-refractivity contribution is 5.73. The van der Waals surface area contributed by atoms with Gasteiger partial charge in [0.25, 0.3) is 0 Å². The summed E-state index contributed by atoms with van der Waals surface area (Å²) in [7, 11) is 1.71. The monoisotopic (exact) mass is 319 g/mol. The lowest BCUT2D eigenvalue weighted by molar-refractivity contribution is -0.139. The first kappa shape index (κ1) is 17.7. The van der Waals surface area contributed by atoms with E-state index in [1.807, 2.05) is 0 Å². The van der Waals surface area contributed by atoms with E-state index in [0.29, 0.717) is 6.42 Å². The first-order valence-electron chi connectivity index (χ1n) is 8.83. The highest BCUT2D eigenvalue weighted by atomic mass is 16.4. The standard InChI is InChI=1S/C18H29N3O2/c1-19-16(18(22)23)10-6-4-2-3-5-9-15-12-11-14-8-7-13-20-17(14)21-15/h11-12,16,19H,2-10,13H2,1H3,(H,20,21)(H,22,23)/t16-/m0/s1. The molecule has 1 atom stereocenters. The Morgan fingerprint density at radius 1 is 1.30 bits per heavy atom. The summed E-state index contributed by atoms with van der Waals surface area (Å²) in [5, 5.41) is 15.2. The zero-order valence-electron chi connectivity index (χ0n) is 14.1. The molecule has 0 bridgehead atoms. The molecule has 0 aliphatic carbocycles. The largest absolute Gasteiger partial charge is 0.480 e. The van der Waals surface area contributed by atoms with Crippen molar-refractivity contribution in [3.05, 3.63) is 23.4 Å². The first-order valence-corrected chi connectivity index (χ1v) is 8.83. The van der Waals surface area contributed by atoms with Gasteiger partial charge in [-0.3, -0.25) is 4.79 Å². The number of hydrogen-bond donors (Lipinski definition) is 3. The van der Waals surface area contributed by atoms with Gasteiger partial charge < -0.3 is 15.7 Å². The fourth-order valence-electron chi connectivity index (χ4n) is 3.08. The molecular formula is C18H29N3O2. The van der Waals surface area contributed by atoms with Gasteiger partial charge in [0, 0.05) is 12.2 Å². The average molecular weight is 319 g/mol. The normalized spacial score (nSPS) is 14.8. The van der Waals surface area contributed by atoms with Crippen LogP contribution in [-0.2, 0) is 17.6 Å². The summed E-state index contributed by atoms with van der Waals surface area (Å²) < 4.78 is 0. The van der Waals surface area contributed by atoms with E-state index in [1.165, 1.54) is 30.5 Å². The number of aryl methyl sites for hydroxylation is 2. The lowest BCUT2D eigenvalue weighted by Gasteiger charge is -2.17. The summed E-state index contributed by atoms with van der Waals surface area (Å²) in [4.78, 5) is 15.6. The Balaban J connectivity index is 1.58. The summed E-state index contributed by atoms with van der Waals surface area (Å²) in [6.07, 6.45) is 9.66. The highest BCUT2D eigenvalue weighted by Crippen LogP contribution is 2.20. The topological polar surface area (TPSA) is 74.2 Å². The van der Waals surface area contributed by atoms with Gasteiger partial charge in [0.1, 0.15) is 11.9 Å². The molecule has 23 heavy (non-hydrogen) atoms. The number of hydrogen-bond acceptors (Lipinski definition) is 4. The predicted molar refractivity (Wildman–Crippen MR) is 92.9 cm³/mol. The number of anilines is 1. The zero-order chi connectivity index (χ0) is 16.5. The Morgan fingerprint density at radius 2 is 2.09 bits per heavy atom. The minimum absolute atomic E-state index is 0.401. The van der Waals surface area contributed by atoms with Crippen molar-refractivity contribution >= 4 is 11.8 Å². The van der Waals surface area contributed by atoms with Gasteiger partial charge in [0.05, 0.1) is 0 Å². The van der Waals surface area contributed by atoms with Gasteiger partial charge in [-0.15, -0.1) is 0 Å². The molecule has 5 heteroatoms. The van der Waals surface area contributed by atoms with Crippen molar-refractivity contribution in [3.8, 4) is 0 Å². The van der Waals surface area contributed by atoms with E-state index in [-0.39, 0.29) is 0 Å². The molecule has 0 spiro atoms. The van der Waals surface area contributed by atoms with Crippen LogP contribution >= 0.6 is 0 Å². The molecule has 0 fully saturated rings. The van der Waals surface area contributed by atoms with Crippen molar-refractivity contribution in [2.45, 2.75) is 63.8 Å². The molecule has 5 nitrogen and oxygen atoms in total. The summed E-state index contributed by atoms with van der Waals surface area (Å²) in [6.45, 7) is 1.04. The smallest absolute Gasteiger partial charge is 0.320 e. The van der Waals surface area contributed by atoms with Crippen LogP contribution in [-0.4, -0.2) is 35.7 Å². The molecular weight excluding hydrogens is 290 g/mol. The molecule has 1 aliphatic heterocycles. The molecule has 3 N–H and O–H groups in total. The maximum absolute atomic E-state index is 10.9. The molecule has 1 aromatic rings. The number of aliphatic carboxylic acids is 1. The third-order valence-electron chi connectivity index (χ3n) is 4.52. The van der Waals surface area contributed by atoms with Gasteiger partial charge in [-0.1, -0.05) is 31.7 Å². The van der Waals surface area contributed by atoms with Crippen molar-refractivity contribution in [3.63, 3.8) is 0 Å². The summed E-state index contributed by atoms with van der Waals surface area (Å²) in [5.74, 6) is 0.333. The number of fused-ring (bicyclic) bond motifs is 1. The molecule has 0 aromatic carbocycles. The molecule has 128 valence electrons. The second kappa shape index (κ2) is 9.50. The molecule has 0 saturated carbocycles. The second-order valence-corrected chi connectivity index (χ2v) is 6.33. The quantitative estimate of drug-likeness (QED) is 0.578. The molecule has 1 aromatic heterocycles. The lowest BCUT2D eigenvalue weighted by Crippen LogP contribution is -2.33. The zero-order valence-corrected chi connectivity index (χ0v) is 14.1. The maximum atomic E-state index is 10.9. The Kier molecular flexibility index (Phi) is 7.33. The van der Waals surface area contributed by atoms with Gasteiger partial charge in [0.15, 0.2) is 0 Å². The van der Waals surface area contributed by atoms with E-state index in [2.05, 4.69) is 22.8 Å². The number of nitrogens with one attached hydrogen (secondary N) is 2. The Morgan fingerprint density at radius 3 is 2.87 bits per heavy atom. The van der Waals surface area contributed by atoms with Crippen LogP contribution in [0.1, 0.15) is 56.2 Å². The molecule has 2 rings (SSSR count).